The molecule has 0 saturated heterocycles. The molecule has 4 aromatic rings. The van der Waals surface area contributed by atoms with E-state index in [2.05, 4.69) is 43.2 Å². The van der Waals surface area contributed by atoms with Crippen LogP contribution in [0.5, 0.6) is 5.75 Å². The van der Waals surface area contributed by atoms with Crippen LogP contribution in [0.4, 0.5) is 5.69 Å². The molecule has 7 nitrogen and oxygen atoms in total. The van der Waals surface area contributed by atoms with Crippen molar-refractivity contribution in [1.82, 2.24) is 19.6 Å². The van der Waals surface area contributed by atoms with Gasteiger partial charge in [-0.15, -0.1) is 21.5 Å². The maximum absolute atomic E-state index is 12.6. The van der Waals surface area contributed by atoms with Crippen LogP contribution in [0.2, 0.25) is 0 Å². The van der Waals surface area contributed by atoms with E-state index in [1.807, 2.05) is 35.6 Å². The number of fused-ring (bicyclic) bond motifs is 3. The minimum absolute atomic E-state index is 0.128. The summed E-state index contributed by atoms with van der Waals surface area (Å²) >= 11 is 3.04. The van der Waals surface area contributed by atoms with Gasteiger partial charge in [0.25, 0.3) is 0 Å². The fourth-order valence-corrected chi connectivity index (χ4v) is 5.16. The second-order valence-corrected chi connectivity index (χ2v) is 9.64. The number of rotatable bonds is 7. The van der Waals surface area contributed by atoms with Crippen LogP contribution in [-0.4, -0.2) is 37.8 Å². The van der Waals surface area contributed by atoms with E-state index in [0.29, 0.717) is 23.2 Å². The Hall–Kier alpha value is -2.65. The summed E-state index contributed by atoms with van der Waals surface area (Å²) in [6, 6.07) is 7.43. The number of anilines is 1. The molecule has 0 aliphatic carbocycles. The molecule has 0 unspecified atom stereocenters. The van der Waals surface area contributed by atoms with E-state index in [-0.39, 0.29) is 17.6 Å². The van der Waals surface area contributed by atoms with Crippen molar-refractivity contribution in [3.8, 4) is 5.75 Å². The highest BCUT2D eigenvalue weighted by atomic mass is 32.2. The molecule has 162 valence electrons. The smallest absolute Gasteiger partial charge is 0.234 e. The lowest BCUT2D eigenvalue weighted by atomic mass is 10.2. The SMILES string of the molecule is CCOc1ccccc1NC(=O)CSc1nnc2c3c(C)c(C)sc3nc(C(C)C)n12. The van der Waals surface area contributed by atoms with Crippen molar-refractivity contribution in [2.45, 2.75) is 45.7 Å². The van der Waals surface area contributed by atoms with E-state index in [1.165, 1.54) is 22.2 Å². The van der Waals surface area contributed by atoms with Crippen molar-refractivity contribution in [3.63, 3.8) is 0 Å². The summed E-state index contributed by atoms with van der Waals surface area (Å²) in [5.74, 6) is 1.83. The van der Waals surface area contributed by atoms with E-state index in [9.17, 15) is 4.79 Å². The topological polar surface area (TPSA) is 81.4 Å². The summed E-state index contributed by atoms with van der Waals surface area (Å²) in [6.07, 6.45) is 0. The second kappa shape index (κ2) is 8.84. The summed E-state index contributed by atoms with van der Waals surface area (Å²) in [5, 5.41) is 13.5. The number of aromatic nitrogens is 4. The first-order valence-electron chi connectivity index (χ1n) is 10.2. The first-order chi connectivity index (χ1) is 14.9. The highest BCUT2D eigenvalue weighted by Crippen LogP contribution is 2.35. The number of ether oxygens (including phenoxy) is 1. The quantitative estimate of drug-likeness (QED) is 0.385. The predicted molar refractivity (Wildman–Crippen MR) is 127 cm³/mol. The molecule has 0 fully saturated rings. The third-order valence-electron chi connectivity index (χ3n) is 4.98. The first kappa shape index (κ1) is 21.6. The van der Waals surface area contributed by atoms with Crippen molar-refractivity contribution in [2.24, 2.45) is 0 Å². The van der Waals surface area contributed by atoms with Gasteiger partial charge in [0.1, 0.15) is 16.4 Å². The minimum Gasteiger partial charge on any atom is -0.492 e. The van der Waals surface area contributed by atoms with Crippen molar-refractivity contribution < 1.29 is 9.53 Å². The largest absolute Gasteiger partial charge is 0.492 e. The van der Waals surface area contributed by atoms with Gasteiger partial charge in [0, 0.05) is 10.8 Å². The van der Waals surface area contributed by atoms with Crippen LogP contribution in [0, 0.1) is 13.8 Å². The molecule has 0 bridgehead atoms. The van der Waals surface area contributed by atoms with Crippen LogP contribution in [0.25, 0.3) is 15.9 Å². The normalized spacial score (nSPS) is 11.5. The Morgan fingerprint density at radius 3 is 2.77 bits per heavy atom. The van der Waals surface area contributed by atoms with E-state index in [4.69, 9.17) is 9.72 Å². The number of para-hydroxylation sites is 2. The lowest BCUT2D eigenvalue weighted by molar-refractivity contribution is -0.113. The number of benzene rings is 1. The molecule has 4 rings (SSSR count). The van der Waals surface area contributed by atoms with Crippen LogP contribution in [-0.2, 0) is 4.79 Å². The molecule has 0 aliphatic heterocycles. The Morgan fingerprint density at radius 1 is 1.26 bits per heavy atom. The number of aryl methyl sites for hydroxylation is 2. The summed E-state index contributed by atoms with van der Waals surface area (Å²) in [4.78, 5) is 19.8. The van der Waals surface area contributed by atoms with Crippen molar-refractivity contribution in [1.29, 1.82) is 0 Å². The van der Waals surface area contributed by atoms with Gasteiger partial charge in [-0.2, -0.15) is 0 Å². The Balaban J connectivity index is 1.62. The lowest BCUT2D eigenvalue weighted by Gasteiger charge is -2.12. The Kier molecular flexibility index (Phi) is 6.15. The number of thiophene rings is 1. The lowest BCUT2D eigenvalue weighted by Crippen LogP contribution is -2.15. The standard InChI is InChI=1S/C22H25N5O2S2/c1-6-29-16-10-8-7-9-15(16)23-17(28)11-30-22-26-25-20-18-13(4)14(5)31-21(18)24-19(12(2)3)27(20)22/h7-10,12H,6,11H2,1-5H3,(H,23,28). The van der Waals surface area contributed by atoms with E-state index < -0.39 is 0 Å². The molecule has 0 radical (unpaired) electrons. The van der Waals surface area contributed by atoms with Gasteiger partial charge >= 0.3 is 0 Å². The molecule has 3 heterocycles. The average molecular weight is 456 g/mol. The van der Waals surface area contributed by atoms with Crippen molar-refractivity contribution >= 4 is 50.6 Å². The zero-order valence-electron chi connectivity index (χ0n) is 18.2. The Labute approximate surface area is 189 Å². The second-order valence-electron chi connectivity index (χ2n) is 7.50. The molecule has 9 heteroatoms. The zero-order valence-corrected chi connectivity index (χ0v) is 19.9. The number of nitrogens with zero attached hydrogens (tertiary/aromatic N) is 4. The van der Waals surface area contributed by atoms with Gasteiger partial charge in [0.15, 0.2) is 10.8 Å². The van der Waals surface area contributed by atoms with Gasteiger partial charge in [-0.1, -0.05) is 37.7 Å². The summed E-state index contributed by atoms with van der Waals surface area (Å²) in [7, 11) is 0. The maximum atomic E-state index is 12.6. The molecule has 1 amide bonds. The number of amides is 1. The molecular weight excluding hydrogens is 430 g/mol. The van der Waals surface area contributed by atoms with Gasteiger partial charge in [-0.3, -0.25) is 9.20 Å². The summed E-state index contributed by atoms with van der Waals surface area (Å²) in [6.45, 7) is 10.9. The molecule has 0 saturated carbocycles. The summed E-state index contributed by atoms with van der Waals surface area (Å²) in [5.41, 5.74) is 2.65. The number of hydrogen-bond donors (Lipinski definition) is 1. The van der Waals surface area contributed by atoms with Crippen LogP contribution in [0.1, 0.15) is 43.0 Å². The molecular formula is C22H25N5O2S2. The van der Waals surface area contributed by atoms with Crippen LogP contribution >= 0.6 is 23.1 Å². The van der Waals surface area contributed by atoms with E-state index >= 15 is 0 Å². The van der Waals surface area contributed by atoms with Gasteiger partial charge in [0.2, 0.25) is 5.91 Å². The molecule has 31 heavy (non-hydrogen) atoms. The van der Waals surface area contributed by atoms with E-state index in [1.54, 1.807) is 11.3 Å². The van der Waals surface area contributed by atoms with Gasteiger partial charge in [-0.05, 0) is 38.5 Å². The fraction of sp³-hybridized carbons (Fsp3) is 0.364. The number of carbonyl (C=O) groups excluding carboxylic acids is 1. The average Bonchev–Trinajstić information content (AvgIpc) is 3.28. The fourth-order valence-electron chi connectivity index (χ4n) is 3.39. The van der Waals surface area contributed by atoms with E-state index in [0.717, 1.165) is 21.7 Å². The highest BCUT2D eigenvalue weighted by Gasteiger charge is 2.21. The predicted octanol–water partition coefficient (Wildman–Crippen LogP) is 5.21. The third-order valence-corrected chi connectivity index (χ3v) is 7.01. The Morgan fingerprint density at radius 2 is 2.03 bits per heavy atom. The van der Waals surface area contributed by atoms with Crippen LogP contribution in [0.15, 0.2) is 29.4 Å². The maximum Gasteiger partial charge on any atom is 0.234 e. The van der Waals surface area contributed by atoms with Gasteiger partial charge in [-0.25, -0.2) is 4.98 Å². The molecule has 0 atom stereocenters. The number of nitrogens with one attached hydrogen (secondary N) is 1. The summed E-state index contributed by atoms with van der Waals surface area (Å²) < 4.78 is 7.59. The third kappa shape index (κ3) is 4.12. The molecule has 3 aromatic heterocycles. The number of carbonyl (C=O) groups is 1. The zero-order chi connectivity index (χ0) is 22.1. The monoisotopic (exact) mass is 455 g/mol. The van der Waals surface area contributed by atoms with Crippen LogP contribution in [0.3, 0.4) is 0 Å². The number of thioether (sulfide) groups is 1. The minimum atomic E-state index is -0.128. The Bertz CT molecular complexity index is 1260. The van der Waals surface area contributed by atoms with Gasteiger partial charge < -0.3 is 10.1 Å². The first-order valence-corrected chi connectivity index (χ1v) is 12.0. The van der Waals surface area contributed by atoms with Crippen molar-refractivity contribution in [2.75, 3.05) is 17.7 Å². The van der Waals surface area contributed by atoms with Gasteiger partial charge in [0.05, 0.1) is 23.4 Å². The molecule has 0 spiro atoms. The molecule has 1 N–H and O–H groups in total. The highest BCUT2D eigenvalue weighted by molar-refractivity contribution is 7.99. The number of hydrogen-bond acceptors (Lipinski definition) is 7. The molecule has 0 aliphatic rings. The van der Waals surface area contributed by atoms with Crippen LogP contribution < -0.4 is 10.1 Å². The molecule has 1 aromatic carbocycles. The van der Waals surface area contributed by atoms with Crippen molar-refractivity contribution in [3.05, 3.63) is 40.5 Å².